The zero-order valence-electron chi connectivity index (χ0n) is 10.7. The van der Waals surface area contributed by atoms with Crippen LogP contribution in [0.3, 0.4) is 0 Å². The molecule has 2 aromatic carbocycles. The van der Waals surface area contributed by atoms with Crippen LogP contribution in [-0.4, -0.2) is 9.55 Å². The summed E-state index contributed by atoms with van der Waals surface area (Å²) in [5.41, 5.74) is 3.83. The van der Waals surface area contributed by atoms with Gasteiger partial charge < -0.3 is 0 Å². The molecule has 102 valence electrons. The van der Waals surface area contributed by atoms with E-state index in [2.05, 4.69) is 20.9 Å². The van der Waals surface area contributed by atoms with E-state index in [0.29, 0.717) is 10.4 Å². The normalized spacial score (nSPS) is 11.2. The second-order valence-corrected chi connectivity index (χ2v) is 5.71. The van der Waals surface area contributed by atoms with E-state index >= 15 is 0 Å². The molecule has 0 amide bonds. The quantitative estimate of drug-likeness (QED) is 0.594. The van der Waals surface area contributed by atoms with Gasteiger partial charge in [-0.25, -0.2) is 9.37 Å². The number of rotatable bonds is 2. The molecule has 0 unspecified atom stereocenters. The van der Waals surface area contributed by atoms with Crippen LogP contribution in [0, 0.1) is 12.7 Å². The monoisotopic (exact) mass is 352 g/mol. The molecule has 0 aliphatic carbocycles. The first-order valence-electron chi connectivity index (χ1n) is 6.09. The molecule has 0 saturated carbocycles. The maximum atomic E-state index is 13.4. The van der Waals surface area contributed by atoms with E-state index in [4.69, 9.17) is 11.6 Å². The van der Waals surface area contributed by atoms with Crippen LogP contribution in [0.2, 0.25) is 0 Å². The van der Waals surface area contributed by atoms with Crippen molar-refractivity contribution in [3.8, 4) is 5.69 Å². The Labute approximate surface area is 129 Å². The lowest BCUT2D eigenvalue weighted by Gasteiger charge is -2.08. The summed E-state index contributed by atoms with van der Waals surface area (Å²) in [6.45, 7) is 2.02. The van der Waals surface area contributed by atoms with Crippen LogP contribution in [0.25, 0.3) is 16.7 Å². The van der Waals surface area contributed by atoms with Gasteiger partial charge in [-0.1, -0.05) is 6.07 Å². The first-order valence-corrected chi connectivity index (χ1v) is 7.42. The summed E-state index contributed by atoms with van der Waals surface area (Å²) in [6.07, 6.45) is 0. The molecular formula is C15H11BrClFN2. The Balaban J connectivity index is 2.30. The fraction of sp³-hybridized carbons (Fsp3) is 0.133. The fourth-order valence-corrected chi connectivity index (χ4v) is 2.79. The highest BCUT2D eigenvalue weighted by Crippen LogP contribution is 2.26. The molecule has 2 nitrogen and oxygen atoms in total. The minimum atomic E-state index is -0.290. The number of alkyl halides is 1. The summed E-state index contributed by atoms with van der Waals surface area (Å²) in [4.78, 5) is 4.54. The molecule has 0 aliphatic rings. The SMILES string of the molecule is Cc1ccc2c(c1)nc(CCl)n2-c1ccc(F)c(Br)c1. The van der Waals surface area contributed by atoms with Gasteiger partial charge in [0.2, 0.25) is 0 Å². The van der Waals surface area contributed by atoms with Crippen molar-refractivity contribution >= 4 is 38.6 Å². The highest BCUT2D eigenvalue weighted by atomic mass is 79.9. The van der Waals surface area contributed by atoms with Gasteiger partial charge in [-0.3, -0.25) is 4.57 Å². The number of fused-ring (bicyclic) bond motifs is 1. The Morgan fingerprint density at radius 1 is 1.25 bits per heavy atom. The van der Waals surface area contributed by atoms with Gasteiger partial charge in [-0.2, -0.15) is 0 Å². The average Bonchev–Trinajstić information content (AvgIpc) is 2.79. The van der Waals surface area contributed by atoms with Gasteiger partial charge in [0.1, 0.15) is 11.6 Å². The summed E-state index contributed by atoms with van der Waals surface area (Å²) < 4.78 is 15.8. The molecule has 5 heteroatoms. The molecule has 1 heterocycles. The number of hydrogen-bond acceptors (Lipinski definition) is 1. The predicted molar refractivity (Wildman–Crippen MR) is 83.0 cm³/mol. The largest absolute Gasteiger partial charge is 0.295 e. The minimum absolute atomic E-state index is 0.290. The highest BCUT2D eigenvalue weighted by molar-refractivity contribution is 9.10. The van der Waals surface area contributed by atoms with E-state index in [0.717, 1.165) is 28.1 Å². The number of nitrogens with zero attached hydrogens (tertiary/aromatic N) is 2. The summed E-state index contributed by atoms with van der Waals surface area (Å²) in [5, 5.41) is 0. The zero-order valence-corrected chi connectivity index (χ0v) is 13.0. The van der Waals surface area contributed by atoms with Crippen LogP contribution in [0.15, 0.2) is 40.9 Å². The van der Waals surface area contributed by atoms with Crippen molar-refractivity contribution in [1.29, 1.82) is 0 Å². The first kappa shape index (κ1) is 13.6. The molecule has 0 bridgehead atoms. The van der Waals surface area contributed by atoms with E-state index < -0.39 is 0 Å². The number of halogens is 3. The van der Waals surface area contributed by atoms with E-state index in [1.54, 1.807) is 12.1 Å². The number of benzene rings is 2. The second kappa shape index (κ2) is 5.19. The van der Waals surface area contributed by atoms with Gasteiger partial charge in [0.05, 0.1) is 21.4 Å². The molecule has 0 N–H and O–H groups in total. The zero-order chi connectivity index (χ0) is 14.3. The maximum Gasteiger partial charge on any atom is 0.137 e. The van der Waals surface area contributed by atoms with E-state index in [9.17, 15) is 4.39 Å². The van der Waals surface area contributed by atoms with Gasteiger partial charge in [0.25, 0.3) is 0 Å². The lowest BCUT2D eigenvalue weighted by atomic mass is 10.2. The number of imidazole rings is 1. The third kappa shape index (κ3) is 2.23. The van der Waals surface area contributed by atoms with Crippen molar-refractivity contribution < 1.29 is 4.39 Å². The summed E-state index contributed by atoms with van der Waals surface area (Å²) in [6, 6.07) is 10.9. The Kier molecular flexibility index (Phi) is 3.52. The molecule has 0 fully saturated rings. The number of aromatic nitrogens is 2. The van der Waals surface area contributed by atoms with Crippen LogP contribution in [0.5, 0.6) is 0 Å². The molecule has 0 saturated heterocycles. The molecule has 1 aromatic heterocycles. The lowest BCUT2D eigenvalue weighted by Crippen LogP contribution is -1.99. The van der Waals surface area contributed by atoms with Crippen molar-refractivity contribution in [2.75, 3.05) is 0 Å². The van der Waals surface area contributed by atoms with Gasteiger partial charge in [-0.15, -0.1) is 11.6 Å². The summed E-state index contributed by atoms with van der Waals surface area (Å²) in [7, 11) is 0. The first-order chi connectivity index (χ1) is 9.60. The van der Waals surface area contributed by atoms with Crippen LogP contribution in [0.4, 0.5) is 4.39 Å². The van der Waals surface area contributed by atoms with Gasteiger partial charge >= 0.3 is 0 Å². The summed E-state index contributed by atoms with van der Waals surface area (Å²) in [5.74, 6) is 0.745. The molecular weight excluding hydrogens is 343 g/mol. The number of hydrogen-bond donors (Lipinski definition) is 0. The molecule has 0 aliphatic heterocycles. The average molecular weight is 354 g/mol. The van der Waals surface area contributed by atoms with Crippen molar-refractivity contribution in [2.45, 2.75) is 12.8 Å². The van der Waals surface area contributed by atoms with Crippen LogP contribution >= 0.6 is 27.5 Å². The third-order valence-electron chi connectivity index (χ3n) is 3.16. The van der Waals surface area contributed by atoms with Gasteiger partial charge in [-0.05, 0) is 58.7 Å². The minimum Gasteiger partial charge on any atom is -0.295 e. The van der Waals surface area contributed by atoms with E-state index in [-0.39, 0.29) is 5.82 Å². The van der Waals surface area contributed by atoms with Gasteiger partial charge in [0.15, 0.2) is 0 Å². The topological polar surface area (TPSA) is 17.8 Å². The lowest BCUT2D eigenvalue weighted by molar-refractivity contribution is 0.620. The van der Waals surface area contributed by atoms with Crippen LogP contribution in [-0.2, 0) is 5.88 Å². The van der Waals surface area contributed by atoms with Crippen LogP contribution < -0.4 is 0 Å². The predicted octanol–water partition coefficient (Wildman–Crippen LogP) is 4.97. The van der Waals surface area contributed by atoms with Crippen LogP contribution in [0.1, 0.15) is 11.4 Å². The fourth-order valence-electron chi connectivity index (χ4n) is 2.24. The molecule has 0 atom stereocenters. The Bertz CT molecular complexity index is 798. The number of aryl methyl sites for hydroxylation is 1. The van der Waals surface area contributed by atoms with Crippen molar-refractivity contribution in [1.82, 2.24) is 9.55 Å². The molecule has 0 spiro atoms. The smallest absolute Gasteiger partial charge is 0.137 e. The Morgan fingerprint density at radius 3 is 2.75 bits per heavy atom. The Hall–Kier alpha value is -1.39. The third-order valence-corrected chi connectivity index (χ3v) is 4.01. The molecule has 0 radical (unpaired) electrons. The second-order valence-electron chi connectivity index (χ2n) is 4.59. The maximum absolute atomic E-state index is 13.4. The summed E-state index contributed by atoms with van der Waals surface area (Å²) >= 11 is 9.21. The molecule has 3 aromatic rings. The molecule has 3 rings (SSSR count). The molecule has 20 heavy (non-hydrogen) atoms. The van der Waals surface area contributed by atoms with E-state index in [1.807, 2.05) is 29.7 Å². The van der Waals surface area contributed by atoms with Crippen molar-refractivity contribution in [3.05, 3.63) is 58.1 Å². The van der Waals surface area contributed by atoms with Gasteiger partial charge in [0, 0.05) is 5.69 Å². The standard InChI is InChI=1S/C15H11BrClFN2/c1-9-2-5-14-13(6-9)19-15(8-17)20(14)10-3-4-12(18)11(16)7-10/h2-7H,8H2,1H3. The Morgan fingerprint density at radius 2 is 2.05 bits per heavy atom. The highest BCUT2D eigenvalue weighted by Gasteiger charge is 2.13. The van der Waals surface area contributed by atoms with Crippen molar-refractivity contribution in [3.63, 3.8) is 0 Å². The van der Waals surface area contributed by atoms with Crippen molar-refractivity contribution in [2.24, 2.45) is 0 Å². The van der Waals surface area contributed by atoms with E-state index in [1.165, 1.54) is 6.07 Å².